The average molecular weight is 302 g/mol. The fraction of sp³-hybridized carbons (Fsp3) is 0.364. The second-order valence-corrected chi connectivity index (χ2v) is 4.82. The maximum Gasteiger partial charge on any atom is 0.263 e. The highest BCUT2D eigenvalue weighted by Crippen LogP contribution is 2.31. The Balaban J connectivity index is 1.93. The molecule has 2 aromatic heterocycles. The smallest absolute Gasteiger partial charge is 0.263 e. The van der Waals surface area contributed by atoms with Crippen molar-refractivity contribution in [1.29, 1.82) is 0 Å². The van der Waals surface area contributed by atoms with Crippen LogP contribution in [0.25, 0.3) is 10.2 Å². The number of halogens is 2. The molecule has 9 heteroatoms. The van der Waals surface area contributed by atoms with Crippen LogP contribution in [0.3, 0.4) is 0 Å². The molecule has 1 amide bonds. The topological polar surface area (TPSA) is 90.1 Å². The average Bonchev–Trinajstić information content (AvgIpc) is 2.76. The first-order valence-electron chi connectivity index (χ1n) is 5.73. The SMILES string of the molecule is Nc1c(C(=O)NCCOCC(F)F)sc2nnccc12. The lowest BCUT2D eigenvalue weighted by Gasteiger charge is -2.05. The number of nitrogens with one attached hydrogen (secondary N) is 1. The Hall–Kier alpha value is -1.87. The van der Waals surface area contributed by atoms with Crippen LogP contribution in [-0.4, -0.2) is 42.3 Å². The second kappa shape index (κ2) is 6.53. The highest BCUT2D eigenvalue weighted by atomic mass is 32.1. The Morgan fingerprint density at radius 2 is 2.35 bits per heavy atom. The van der Waals surface area contributed by atoms with E-state index in [0.29, 0.717) is 20.8 Å². The Kier molecular flexibility index (Phi) is 4.74. The molecule has 0 aromatic carbocycles. The summed E-state index contributed by atoms with van der Waals surface area (Å²) in [6.45, 7) is -0.498. The largest absolute Gasteiger partial charge is 0.397 e. The first kappa shape index (κ1) is 14.5. The van der Waals surface area contributed by atoms with Crippen molar-refractivity contribution in [2.45, 2.75) is 6.43 Å². The minimum absolute atomic E-state index is 0.0146. The molecule has 2 heterocycles. The van der Waals surface area contributed by atoms with Gasteiger partial charge in [0.15, 0.2) is 0 Å². The maximum absolute atomic E-state index is 11.9. The van der Waals surface area contributed by atoms with Gasteiger partial charge in [-0.15, -0.1) is 16.4 Å². The summed E-state index contributed by atoms with van der Waals surface area (Å²) in [6, 6.07) is 1.68. The monoisotopic (exact) mass is 302 g/mol. The van der Waals surface area contributed by atoms with E-state index in [1.54, 1.807) is 6.07 Å². The number of anilines is 1. The standard InChI is InChI=1S/C11H12F2N4O2S/c12-7(13)5-19-4-3-15-10(18)9-8(14)6-1-2-16-17-11(6)20-9/h1-2,7H,3-5,14H2,(H,15,18). The lowest BCUT2D eigenvalue weighted by atomic mass is 10.3. The molecule has 0 bridgehead atoms. The number of nitrogens with two attached hydrogens (primary N) is 1. The van der Waals surface area contributed by atoms with Gasteiger partial charge in [0.25, 0.3) is 12.3 Å². The van der Waals surface area contributed by atoms with Crippen LogP contribution in [0.4, 0.5) is 14.5 Å². The van der Waals surface area contributed by atoms with Crippen LogP contribution in [0, 0.1) is 0 Å². The Bertz CT molecular complexity index is 605. The summed E-state index contributed by atoms with van der Waals surface area (Å²) in [7, 11) is 0. The molecular weight excluding hydrogens is 290 g/mol. The van der Waals surface area contributed by atoms with E-state index >= 15 is 0 Å². The Labute approximate surface area is 116 Å². The van der Waals surface area contributed by atoms with Gasteiger partial charge in [0, 0.05) is 11.9 Å². The van der Waals surface area contributed by atoms with Crippen LogP contribution < -0.4 is 11.1 Å². The quantitative estimate of drug-likeness (QED) is 0.785. The molecule has 0 atom stereocenters. The predicted molar refractivity (Wildman–Crippen MR) is 71.0 cm³/mol. The zero-order valence-electron chi connectivity index (χ0n) is 10.3. The van der Waals surface area contributed by atoms with Gasteiger partial charge in [-0.3, -0.25) is 4.79 Å². The summed E-state index contributed by atoms with van der Waals surface area (Å²) in [5.41, 5.74) is 6.20. The number of rotatable bonds is 6. The van der Waals surface area contributed by atoms with Gasteiger partial charge in [0.05, 0.1) is 18.5 Å². The number of alkyl halides is 2. The van der Waals surface area contributed by atoms with Gasteiger partial charge in [-0.05, 0) is 6.07 Å². The molecule has 108 valence electrons. The molecule has 0 radical (unpaired) electrons. The molecule has 2 rings (SSSR count). The first-order chi connectivity index (χ1) is 9.59. The van der Waals surface area contributed by atoms with Crippen molar-refractivity contribution in [3.05, 3.63) is 17.1 Å². The van der Waals surface area contributed by atoms with Crippen LogP contribution in [-0.2, 0) is 4.74 Å². The number of aromatic nitrogens is 2. The minimum atomic E-state index is -2.51. The summed E-state index contributed by atoms with van der Waals surface area (Å²) >= 11 is 1.13. The lowest BCUT2D eigenvalue weighted by Crippen LogP contribution is -2.27. The van der Waals surface area contributed by atoms with E-state index in [4.69, 9.17) is 5.73 Å². The molecule has 0 saturated heterocycles. The molecule has 0 unspecified atom stereocenters. The van der Waals surface area contributed by atoms with Crippen LogP contribution in [0.15, 0.2) is 12.3 Å². The number of thiophene rings is 1. The van der Waals surface area contributed by atoms with Crippen LogP contribution in [0.5, 0.6) is 0 Å². The van der Waals surface area contributed by atoms with Gasteiger partial charge in [-0.2, -0.15) is 5.10 Å². The van der Waals surface area contributed by atoms with Crippen molar-refractivity contribution >= 4 is 33.1 Å². The molecule has 0 saturated carbocycles. The normalized spacial score (nSPS) is 11.2. The molecular formula is C11H12F2N4O2S. The number of carbonyl (C=O) groups excluding carboxylic acids is 1. The number of ether oxygens (including phenoxy) is 1. The van der Waals surface area contributed by atoms with Crippen LogP contribution in [0.1, 0.15) is 9.67 Å². The van der Waals surface area contributed by atoms with Crippen molar-refractivity contribution in [3.8, 4) is 0 Å². The molecule has 20 heavy (non-hydrogen) atoms. The number of fused-ring (bicyclic) bond motifs is 1. The van der Waals surface area contributed by atoms with E-state index in [1.165, 1.54) is 6.20 Å². The lowest BCUT2D eigenvalue weighted by molar-refractivity contribution is 0.0188. The van der Waals surface area contributed by atoms with Crippen molar-refractivity contribution in [1.82, 2.24) is 15.5 Å². The number of carbonyl (C=O) groups is 1. The van der Waals surface area contributed by atoms with E-state index in [-0.39, 0.29) is 19.1 Å². The van der Waals surface area contributed by atoms with Crippen LogP contribution in [0.2, 0.25) is 0 Å². The Morgan fingerprint density at radius 3 is 3.05 bits per heavy atom. The second-order valence-electron chi connectivity index (χ2n) is 3.82. The maximum atomic E-state index is 11.9. The van der Waals surface area contributed by atoms with Gasteiger partial charge in [-0.1, -0.05) is 0 Å². The molecule has 2 aromatic rings. The number of nitrogen functional groups attached to an aromatic ring is 1. The third-order valence-electron chi connectivity index (χ3n) is 2.40. The first-order valence-corrected chi connectivity index (χ1v) is 6.55. The van der Waals surface area contributed by atoms with E-state index in [1.807, 2.05) is 0 Å². The van der Waals surface area contributed by atoms with E-state index < -0.39 is 13.0 Å². The summed E-state index contributed by atoms with van der Waals surface area (Å²) in [6.07, 6.45) is -1.02. The highest BCUT2D eigenvalue weighted by Gasteiger charge is 2.16. The van der Waals surface area contributed by atoms with E-state index in [9.17, 15) is 13.6 Å². The summed E-state index contributed by atoms with van der Waals surface area (Å²) < 4.78 is 28.3. The highest BCUT2D eigenvalue weighted by molar-refractivity contribution is 7.21. The summed E-state index contributed by atoms with van der Waals surface area (Å²) in [4.78, 5) is 12.8. The Morgan fingerprint density at radius 1 is 1.55 bits per heavy atom. The minimum Gasteiger partial charge on any atom is -0.397 e. The van der Waals surface area contributed by atoms with Crippen molar-refractivity contribution < 1.29 is 18.3 Å². The van der Waals surface area contributed by atoms with Crippen molar-refractivity contribution in [2.24, 2.45) is 0 Å². The molecule has 0 spiro atoms. The molecule has 0 aliphatic rings. The van der Waals surface area contributed by atoms with Gasteiger partial charge >= 0.3 is 0 Å². The predicted octanol–water partition coefficient (Wildman–Crippen LogP) is 1.28. The number of hydrogen-bond donors (Lipinski definition) is 2. The van der Waals surface area contributed by atoms with Crippen molar-refractivity contribution in [3.63, 3.8) is 0 Å². The molecule has 0 fully saturated rings. The summed E-state index contributed by atoms with van der Waals surface area (Å²) in [5.74, 6) is -0.383. The fourth-order valence-corrected chi connectivity index (χ4v) is 2.49. The van der Waals surface area contributed by atoms with Gasteiger partial charge < -0.3 is 15.8 Å². The molecule has 3 N–H and O–H groups in total. The number of hydrogen-bond acceptors (Lipinski definition) is 6. The van der Waals surface area contributed by atoms with Crippen molar-refractivity contribution in [2.75, 3.05) is 25.5 Å². The van der Waals surface area contributed by atoms with E-state index in [0.717, 1.165) is 11.3 Å². The van der Waals surface area contributed by atoms with Gasteiger partial charge in [0.2, 0.25) is 0 Å². The zero-order valence-corrected chi connectivity index (χ0v) is 11.1. The van der Waals surface area contributed by atoms with Crippen LogP contribution >= 0.6 is 11.3 Å². The summed E-state index contributed by atoms with van der Waals surface area (Å²) in [5, 5.41) is 10.8. The molecule has 0 aliphatic heterocycles. The number of amides is 1. The molecule has 6 nitrogen and oxygen atoms in total. The zero-order chi connectivity index (χ0) is 14.5. The third-order valence-corrected chi connectivity index (χ3v) is 3.51. The van der Waals surface area contributed by atoms with Gasteiger partial charge in [-0.25, -0.2) is 8.78 Å². The third kappa shape index (κ3) is 3.36. The fourth-order valence-electron chi connectivity index (χ4n) is 1.53. The van der Waals surface area contributed by atoms with E-state index in [2.05, 4.69) is 20.3 Å². The number of nitrogens with zero attached hydrogens (tertiary/aromatic N) is 2. The molecule has 0 aliphatic carbocycles. The van der Waals surface area contributed by atoms with Gasteiger partial charge in [0.1, 0.15) is 16.3 Å².